The van der Waals surface area contributed by atoms with Crippen molar-refractivity contribution in [1.29, 1.82) is 0 Å². The molecule has 0 nitrogen and oxygen atoms in total. The summed E-state index contributed by atoms with van der Waals surface area (Å²) in [4.78, 5) is 1.30. The maximum absolute atomic E-state index is 3.46. The monoisotopic (exact) mass is 370 g/mol. The van der Waals surface area contributed by atoms with E-state index in [-0.39, 0.29) is 0 Å². The van der Waals surface area contributed by atoms with Crippen molar-refractivity contribution in [2.24, 2.45) is 0 Å². The molecule has 1 atom stereocenters. The van der Waals surface area contributed by atoms with Crippen molar-refractivity contribution in [1.82, 2.24) is 0 Å². The quantitative estimate of drug-likeness (QED) is 0.590. The number of rotatable bonds is 3. The number of hydrogen-bond acceptors (Lipinski definition) is 1. The molecule has 0 saturated heterocycles. The lowest BCUT2D eigenvalue weighted by molar-refractivity contribution is 1.09. The molecule has 0 aliphatic heterocycles. The van der Waals surface area contributed by atoms with E-state index in [4.69, 9.17) is 0 Å². The Morgan fingerprint density at radius 2 is 1.29 bits per heavy atom. The first-order chi connectivity index (χ1) is 8.15. The van der Waals surface area contributed by atoms with Gasteiger partial charge in [0, 0.05) is 19.1 Å². The summed E-state index contributed by atoms with van der Waals surface area (Å²) < 4.78 is 2.25. The third-order valence-corrected chi connectivity index (χ3v) is 4.69. The largest absolute Gasteiger partial charge is 0.118 e. The van der Waals surface area contributed by atoms with E-state index >= 15 is 0 Å². The van der Waals surface area contributed by atoms with Crippen molar-refractivity contribution in [3.8, 4) is 0 Å². The molecule has 0 bridgehead atoms. The van der Waals surface area contributed by atoms with E-state index in [1.165, 1.54) is 10.5 Å². The molecule has 0 saturated carbocycles. The van der Waals surface area contributed by atoms with Gasteiger partial charge in [-0.3, -0.25) is 0 Å². The average Bonchev–Trinajstić information content (AvgIpc) is 2.33. The molecule has 0 fully saturated rings. The van der Waals surface area contributed by atoms with E-state index in [1.54, 1.807) is 0 Å². The molecule has 0 spiro atoms. The predicted molar refractivity (Wildman–Crippen MR) is 82.6 cm³/mol. The van der Waals surface area contributed by atoms with Crippen LogP contribution in [0.3, 0.4) is 0 Å². The Hall–Kier alpha value is -0.250. The molecule has 17 heavy (non-hydrogen) atoms. The molecule has 2 aromatic rings. The SMILES string of the molecule is CC(Sc1ccc(Br)cc1)c1ccc(Br)cc1. The Morgan fingerprint density at radius 1 is 0.824 bits per heavy atom. The van der Waals surface area contributed by atoms with Crippen molar-refractivity contribution in [2.75, 3.05) is 0 Å². The second-order valence-corrected chi connectivity index (χ2v) is 7.01. The Balaban J connectivity index is 2.08. The van der Waals surface area contributed by atoms with Crippen molar-refractivity contribution >= 4 is 43.6 Å². The fraction of sp³-hybridized carbons (Fsp3) is 0.143. The van der Waals surface area contributed by atoms with Gasteiger partial charge >= 0.3 is 0 Å². The summed E-state index contributed by atoms with van der Waals surface area (Å²) in [6, 6.07) is 17.0. The van der Waals surface area contributed by atoms with Crippen molar-refractivity contribution < 1.29 is 0 Å². The Morgan fingerprint density at radius 3 is 1.82 bits per heavy atom. The van der Waals surface area contributed by atoms with Gasteiger partial charge in [0.1, 0.15) is 0 Å². The van der Waals surface area contributed by atoms with E-state index < -0.39 is 0 Å². The summed E-state index contributed by atoms with van der Waals surface area (Å²) in [5, 5.41) is 0.462. The first-order valence-corrected chi connectivity index (χ1v) is 7.79. The van der Waals surface area contributed by atoms with Crippen LogP contribution in [-0.2, 0) is 0 Å². The summed E-state index contributed by atoms with van der Waals surface area (Å²) in [5.41, 5.74) is 1.35. The summed E-state index contributed by atoms with van der Waals surface area (Å²) >= 11 is 8.78. The van der Waals surface area contributed by atoms with E-state index in [2.05, 4.69) is 87.3 Å². The smallest absolute Gasteiger partial charge is 0.0316 e. The summed E-state index contributed by atoms with van der Waals surface area (Å²) in [6.45, 7) is 2.23. The summed E-state index contributed by atoms with van der Waals surface area (Å²) in [5.74, 6) is 0. The third kappa shape index (κ3) is 3.87. The molecule has 0 heterocycles. The minimum atomic E-state index is 0.462. The summed E-state index contributed by atoms with van der Waals surface area (Å²) in [6.07, 6.45) is 0. The zero-order chi connectivity index (χ0) is 12.3. The van der Waals surface area contributed by atoms with Crippen LogP contribution in [0.1, 0.15) is 17.7 Å². The fourth-order valence-corrected chi connectivity index (χ4v) is 3.04. The number of hydrogen-bond donors (Lipinski definition) is 0. The van der Waals surface area contributed by atoms with E-state index in [0.717, 1.165) is 8.95 Å². The Labute approximate surface area is 123 Å². The Kier molecular flexibility index (Phi) is 4.71. The van der Waals surface area contributed by atoms with Gasteiger partial charge in [-0.25, -0.2) is 0 Å². The van der Waals surface area contributed by atoms with Gasteiger partial charge in [0.2, 0.25) is 0 Å². The van der Waals surface area contributed by atoms with Gasteiger partial charge in [-0.2, -0.15) is 0 Å². The first kappa shape index (κ1) is 13.2. The highest BCUT2D eigenvalue weighted by molar-refractivity contribution is 9.10. The molecule has 1 unspecified atom stereocenters. The average molecular weight is 372 g/mol. The van der Waals surface area contributed by atoms with Gasteiger partial charge in [-0.15, -0.1) is 11.8 Å². The van der Waals surface area contributed by atoms with Crippen LogP contribution >= 0.6 is 43.6 Å². The second kappa shape index (κ2) is 6.07. The molecule has 88 valence electrons. The first-order valence-electron chi connectivity index (χ1n) is 5.33. The van der Waals surface area contributed by atoms with Crippen molar-refractivity contribution in [3.63, 3.8) is 0 Å². The molecule has 3 heteroatoms. The van der Waals surface area contributed by atoms with Crippen LogP contribution < -0.4 is 0 Å². The molecular formula is C14H12Br2S. The molecular weight excluding hydrogens is 360 g/mol. The molecule has 0 radical (unpaired) electrons. The van der Waals surface area contributed by atoms with Crippen LogP contribution in [0.4, 0.5) is 0 Å². The van der Waals surface area contributed by atoms with Gasteiger partial charge in [0.25, 0.3) is 0 Å². The van der Waals surface area contributed by atoms with Gasteiger partial charge in [0.05, 0.1) is 0 Å². The standard InChI is InChI=1S/C14H12Br2S/c1-10(11-2-4-12(15)5-3-11)17-14-8-6-13(16)7-9-14/h2-10H,1H3. The predicted octanol–water partition coefficient (Wildman–Crippen LogP) is 6.06. The van der Waals surface area contributed by atoms with Crippen molar-refractivity contribution in [2.45, 2.75) is 17.1 Å². The third-order valence-electron chi connectivity index (χ3n) is 2.47. The lowest BCUT2D eigenvalue weighted by Gasteiger charge is -2.11. The maximum Gasteiger partial charge on any atom is 0.0316 e. The highest BCUT2D eigenvalue weighted by Gasteiger charge is 2.06. The molecule has 0 aromatic heterocycles. The van der Waals surface area contributed by atoms with Gasteiger partial charge in [-0.05, 0) is 48.9 Å². The normalized spacial score (nSPS) is 12.4. The van der Waals surface area contributed by atoms with Crippen LogP contribution in [0.15, 0.2) is 62.4 Å². The molecule has 0 aliphatic carbocycles. The van der Waals surface area contributed by atoms with E-state index in [1.807, 2.05) is 11.8 Å². The maximum atomic E-state index is 3.46. The Bertz CT molecular complexity index is 477. The summed E-state index contributed by atoms with van der Waals surface area (Å²) in [7, 11) is 0. The number of thioether (sulfide) groups is 1. The van der Waals surface area contributed by atoms with Crippen LogP contribution in [0.25, 0.3) is 0 Å². The second-order valence-electron chi connectivity index (χ2n) is 3.77. The molecule has 2 aromatic carbocycles. The van der Waals surface area contributed by atoms with Crippen LogP contribution in [0.5, 0.6) is 0 Å². The van der Waals surface area contributed by atoms with Gasteiger partial charge < -0.3 is 0 Å². The fourth-order valence-electron chi connectivity index (χ4n) is 1.52. The zero-order valence-corrected chi connectivity index (χ0v) is 13.3. The highest BCUT2D eigenvalue weighted by atomic mass is 79.9. The van der Waals surface area contributed by atoms with E-state index in [9.17, 15) is 0 Å². The number of benzene rings is 2. The minimum Gasteiger partial charge on any atom is -0.118 e. The van der Waals surface area contributed by atoms with Crippen LogP contribution in [0, 0.1) is 0 Å². The lowest BCUT2D eigenvalue weighted by Crippen LogP contribution is -1.87. The molecule has 0 amide bonds. The number of halogens is 2. The van der Waals surface area contributed by atoms with Gasteiger partial charge in [-0.1, -0.05) is 44.0 Å². The van der Waals surface area contributed by atoms with Crippen LogP contribution in [-0.4, -0.2) is 0 Å². The van der Waals surface area contributed by atoms with Gasteiger partial charge in [0.15, 0.2) is 0 Å². The highest BCUT2D eigenvalue weighted by Crippen LogP contribution is 2.35. The molecule has 2 rings (SSSR count). The van der Waals surface area contributed by atoms with Crippen molar-refractivity contribution in [3.05, 3.63) is 63.0 Å². The molecule has 0 N–H and O–H groups in total. The van der Waals surface area contributed by atoms with E-state index in [0.29, 0.717) is 5.25 Å². The molecule has 0 aliphatic rings. The zero-order valence-electron chi connectivity index (χ0n) is 9.36. The minimum absolute atomic E-state index is 0.462. The topological polar surface area (TPSA) is 0 Å². The van der Waals surface area contributed by atoms with Crippen LogP contribution in [0.2, 0.25) is 0 Å². The lowest BCUT2D eigenvalue weighted by atomic mass is 10.2.